The van der Waals surface area contributed by atoms with Crippen molar-refractivity contribution in [3.8, 4) is 6.07 Å². The zero-order valence-corrected chi connectivity index (χ0v) is 8.31. The van der Waals surface area contributed by atoms with E-state index in [-0.39, 0.29) is 5.02 Å². The van der Waals surface area contributed by atoms with Crippen molar-refractivity contribution in [1.82, 2.24) is 0 Å². The van der Waals surface area contributed by atoms with Gasteiger partial charge in [-0.15, -0.1) is 0 Å². The Bertz CT molecular complexity index is 346. The van der Waals surface area contributed by atoms with E-state index >= 15 is 0 Å². The Morgan fingerprint density at radius 3 is 3.00 bits per heavy atom. The Labute approximate surface area is 87.3 Å². The Morgan fingerprint density at radius 1 is 1.50 bits per heavy atom. The molecular formula is C10H10ClFN2. The summed E-state index contributed by atoms with van der Waals surface area (Å²) in [5.41, 5.74) is 0.385. The zero-order chi connectivity index (χ0) is 10.4. The molecular weight excluding hydrogens is 203 g/mol. The molecule has 0 aromatic heterocycles. The average molecular weight is 213 g/mol. The third kappa shape index (κ3) is 2.90. The second kappa shape index (κ2) is 5.46. The predicted octanol–water partition coefficient (Wildman–Crippen LogP) is 3.19. The number of hydrogen-bond acceptors (Lipinski definition) is 2. The van der Waals surface area contributed by atoms with Gasteiger partial charge in [0.1, 0.15) is 0 Å². The van der Waals surface area contributed by atoms with Crippen LogP contribution in [0.15, 0.2) is 18.2 Å². The summed E-state index contributed by atoms with van der Waals surface area (Å²) in [4.78, 5) is 0. The molecule has 0 amide bonds. The van der Waals surface area contributed by atoms with E-state index in [1.165, 1.54) is 6.07 Å². The minimum absolute atomic E-state index is 0.107. The maximum absolute atomic E-state index is 13.3. The number of hydrogen-bond donors (Lipinski definition) is 1. The van der Waals surface area contributed by atoms with Gasteiger partial charge in [-0.1, -0.05) is 17.7 Å². The van der Waals surface area contributed by atoms with E-state index < -0.39 is 5.82 Å². The molecule has 0 heterocycles. The molecule has 0 atom stereocenters. The van der Waals surface area contributed by atoms with Crippen LogP contribution < -0.4 is 5.32 Å². The van der Waals surface area contributed by atoms with Crippen LogP contribution >= 0.6 is 11.6 Å². The molecule has 0 radical (unpaired) electrons. The van der Waals surface area contributed by atoms with Crippen molar-refractivity contribution in [3.63, 3.8) is 0 Å². The van der Waals surface area contributed by atoms with E-state index in [0.29, 0.717) is 25.1 Å². The van der Waals surface area contributed by atoms with Gasteiger partial charge in [0.25, 0.3) is 0 Å². The maximum atomic E-state index is 13.3. The highest BCUT2D eigenvalue weighted by atomic mass is 35.5. The Balaban J connectivity index is 2.51. The molecule has 0 saturated carbocycles. The number of benzene rings is 1. The lowest BCUT2D eigenvalue weighted by Gasteiger charge is -2.06. The van der Waals surface area contributed by atoms with E-state index in [9.17, 15) is 4.39 Å². The Hall–Kier alpha value is -1.27. The van der Waals surface area contributed by atoms with Gasteiger partial charge in [-0.05, 0) is 18.6 Å². The molecule has 14 heavy (non-hydrogen) atoms. The lowest BCUT2D eigenvalue weighted by molar-refractivity contribution is 0.630. The molecule has 74 valence electrons. The highest BCUT2D eigenvalue weighted by molar-refractivity contribution is 6.31. The molecule has 0 aliphatic rings. The molecule has 0 bridgehead atoms. The second-order valence-electron chi connectivity index (χ2n) is 2.79. The highest BCUT2D eigenvalue weighted by Crippen LogP contribution is 2.21. The highest BCUT2D eigenvalue weighted by Gasteiger charge is 2.04. The first-order valence-corrected chi connectivity index (χ1v) is 4.68. The summed E-state index contributed by atoms with van der Waals surface area (Å²) in [7, 11) is 0. The Morgan fingerprint density at radius 2 is 2.29 bits per heavy atom. The predicted molar refractivity (Wildman–Crippen MR) is 54.7 cm³/mol. The lowest BCUT2D eigenvalue weighted by atomic mass is 10.3. The summed E-state index contributed by atoms with van der Waals surface area (Å²) < 4.78 is 13.3. The smallest absolute Gasteiger partial charge is 0.164 e. The number of nitrogens with one attached hydrogen (secondary N) is 1. The van der Waals surface area contributed by atoms with Crippen molar-refractivity contribution in [2.24, 2.45) is 0 Å². The van der Waals surface area contributed by atoms with E-state index in [1.807, 2.05) is 6.07 Å². The molecule has 0 fully saturated rings. The molecule has 1 rings (SSSR count). The first-order chi connectivity index (χ1) is 6.75. The third-order valence-electron chi connectivity index (χ3n) is 1.73. The lowest BCUT2D eigenvalue weighted by Crippen LogP contribution is -2.03. The van der Waals surface area contributed by atoms with Gasteiger partial charge in [-0.25, -0.2) is 4.39 Å². The monoisotopic (exact) mass is 212 g/mol. The van der Waals surface area contributed by atoms with Crippen LogP contribution in [-0.2, 0) is 0 Å². The van der Waals surface area contributed by atoms with Crippen LogP contribution in [-0.4, -0.2) is 6.54 Å². The van der Waals surface area contributed by atoms with Crippen molar-refractivity contribution in [2.45, 2.75) is 12.8 Å². The minimum atomic E-state index is -0.439. The van der Waals surface area contributed by atoms with Crippen molar-refractivity contribution < 1.29 is 4.39 Å². The number of nitriles is 1. The zero-order valence-electron chi connectivity index (χ0n) is 7.56. The van der Waals surface area contributed by atoms with Crippen LogP contribution in [0.2, 0.25) is 5.02 Å². The van der Waals surface area contributed by atoms with Crippen molar-refractivity contribution in [1.29, 1.82) is 5.26 Å². The number of anilines is 1. The molecule has 1 N–H and O–H groups in total. The number of rotatable bonds is 4. The van der Waals surface area contributed by atoms with Gasteiger partial charge in [-0.2, -0.15) is 5.26 Å². The number of halogens is 2. The van der Waals surface area contributed by atoms with Crippen molar-refractivity contribution in [2.75, 3.05) is 11.9 Å². The van der Waals surface area contributed by atoms with Crippen LogP contribution in [0.25, 0.3) is 0 Å². The van der Waals surface area contributed by atoms with Gasteiger partial charge in [0, 0.05) is 13.0 Å². The van der Waals surface area contributed by atoms with Crippen LogP contribution in [0.1, 0.15) is 12.8 Å². The average Bonchev–Trinajstić information content (AvgIpc) is 2.19. The maximum Gasteiger partial charge on any atom is 0.164 e. The van der Waals surface area contributed by atoms with Crippen LogP contribution in [0.3, 0.4) is 0 Å². The van der Waals surface area contributed by atoms with Gasteiger partial charge in [0.2, 0.25) is 0 Å². The Kier molecular flexibility index (Phi) is 4.21. The van der Waals surface area contributed by atoms with Gasteiger partial charge in [0.15, 0.2) is 5.82 Å². The standard InChI is InChI=1S/C10H10ClFN2/c11-8-4-3-5-9(10(8)12)14-7-2-1-6-13/h3-5,14H,1-2,7H2. The van der Waals surface area contributed by atoms with Crippen LogP contribution in [0.5, 0.6) is 0 Å². The molecule has 0 spiro atoms. The van der Waals surface area contributed by atoms with Gasteiger partial charge in [-0.3, -0.25) is 0 Å². The van der Waals surface area contributed by atoms with Gasteiger partial charge >= 0.3 is 0 Å². The first kappa shape index (κ1) is 10.8. The summed E-state index contributed by atoms with van der Waals surface area (Å²) in [6.07, 6.45) is 1.16. The summed E-state index contributed by atoms with van der Waals surface area (Å²) in [5.74, 6) is -0.439. The van der Waals surface area contributed by atoms with Crippen LogP contribution in [0.4, 0.5) is 10.1 Å². The van der Waals surface area contributed by atoms with E-state index in [4.69, 9.17) is 16.9 Å². The minimum Gasteiger partial charge on any atom is -0.383 e. The fourth-order valence-electron chi connectivity index (χ4n) is 1.03. The summed E-state index contributed by atoms with van der Waals surface area (Å²) in [6.45, 7) is 0.574. The topological polar surface area (TPSA) is 35.8 Å². The fourth-order valence-corrected chi connectivity index (χ4v) is 1.21. The number of unbranched alkanes of at least 4 members (excludes halogenated alkanes) is 1. The first-order valence-electron chi connectivity index (χ1n) is 4.30. The molecule has 0 aliphatic heterocycles. The molecule has 4 heteroatoms. The normalized spacial score (nSPS) is 9.50. The fraction of sp³-hybridized carbons (Fsp3) is 0.300. The summed E-state index contributed by atoms with van der Waals surface area (Å²) in [5, 5.41) is 11.3. The third-order valence-corrected chi connectivity index (χ3v) is 2.02. The van der Waals surface area contributed by atoms with Gasteiger partial charge < -0.3 is 5.32 Å². The number of nitrogens with zero attached hydrogens (tertiary/aromatic N) is 1. The van der Waals surface area contributed by atoms with E-state index in [0.717, 1.165) is 0 Å². The summed E-state index contributed by atoms with van der Waals surface area (Å²) >= 11 is 5.59. The van der Waals surface area contributed by atoms with E-state index in [1.54, 1.807) is 12.1 Å². The summed E-state index contributed by atoms with van der Waals surface area (Å²) in [6, 6.07) is 6.81. The molecule has 0 saturated heterocycles. The molecule has 2 nitrogen and oxygen atoms in total. The van der Waals surface area contributed by atoms with Crippen molar-refractivity contribution >= 4 is 17.3 Å². The van der Waals surface area contributed by atoms with E-state index in [2.05, 4.69) is 5.32 Å². The largest absolute Gasteiger partial charge is 0.383 e. The second-order valence-corrected chi connectivity index (χ2v) is 3.20. The molecule has 0 unspecified atom stereocenters. The van der Waals surface area contributed by atoms with Gasteiger partial charge in [0.05, 0.1) is 16.8 Å². The quantitative estimate of drug-likeness (QED) is 0.778. The van der Waals surface area contributed by atoms with Crippen LogP contribution in [0, 0.1) is 17.1 Å². The molecule has 0 aliphatic carbocycles. The molecule has 1 aromatic rings. The van der Waals surface area contributed by atoms with Crippen molar-refractivity contribution in [3.05, 3.63) is 29.0 Å². The SMILES string of the molecule is N#CCCCNc1cccc(Cl)c1F. The molecule has 1 aromatic carbocycles.